The average Bonchev–Trinajstić information content (AvgIpc) is 3.29. The molecule has 3 atom stereocenters. The highest BCUT2D eigenvalue weighted by atomic mass is 16.5. The maximum atomic E-state index is 5.98. The van der Waals surface area contributed by atoms with E-state index in [1.165, 1.54) is 24.0 Å². The van der Waals surface area contributed by atoms with Gasteiger partial charge in [0, 0.05) is 25.2 Å². The first-order valence-corrected chi connectivity index (χ1v) is 10.6. The number of benzene rings is 1. The second-order valence-electron chi connectivity index (χ2n) is 8.81. The van der Waals surface area contributed by atoms with Crippen LogP contribution >= 0.6 is 0 Å². The van der Waals surface area contributed by atoms with Gasteiger partial charge in [0.05, 0.1) is 24.8 Å². The Morgan fingerprint density at radius 2 is 2.07 bits per heavy atom. The van der Waals surface area contributed by atoms with Gasteiger partial charge in [-0.25, -0.2) is 0 Å². The molecule has 0 aliphatic carbocycles. The molecule has 1 aromatic carbocycles. The fourth-order valence-corrected chi connectivity index (χ4v) is 4.67. The predicted octanol–water partition coefficient (Wildman–Crippen LogP) is 2.70. The summed E-state index contributed by atoms with van der Waals surface area (Å²) in [5.41, 5.74) is 2.99. The summed E-state index contributed by atoms with van der Waals surface area (Å²) >= 11 is 0. The van der Waals surface area contributed by atoms with Crippen LogP contribution in [0.5, 0.6) is 0 Å². The molecular weight excluding hydrogens is 336 g/mol. The van der Waals surface area contributed by atoms with Gasteiger partial charge >= 0.3 is 0 Å². The van der Waals surface area contributed by atoms with Gasteiger partial charge < -0.3 is 15.4 Å². The first-order valence-electron chi connectivity index (χ1n) is 10.6. The highest BCUT2D eigenvalue weighted by Gasteiger charge is 2.41. The van der Waals surface area contributed by atoms with E-state index in [9.17, 15) is 0 Å². The molecule has 4 rings (SSSR count). The molecule has 2 fully saturated rings. The number of nitrogens with zero attached hydrogens (tertiary/aromatic N) is 2. The zero-order valence-corrected chi connectivity index (χ0v) is 17.0. The number of rotatable bonds is 5. The van der Waals surface area contributed by atoms with Gasteiger partial charge in [-0.15, -0.1) is 0 Å². The fourth-order valence-electron chi connectivity index (χ4n) is 4.67. The topological polar surface area (TPSA) is 48.9 Å². The maximum absolute atomic E-state index is 5.98. The van der Waals surface area contributed by atoms with Crippen LogP contribution in [0.2, 0.25) is 0 Å². The summed E-state index contributed by atoms with van der Waals surface area (Å²) in [6.45, 7) is 10.5. The van der Waals surface area contributed by atoms with Crippen LogP contribution in [0.15, 0.2) is 29.3 Å². The Morgan fingerprint density at radius 1 is 1.26 bits per heavy atom. The van der Waals surface area contributed by atoms with Gasteiger partial charge in [0.1, 0.15) is 0 Å². The molecule has 0 amide bonds. The third kappa shape index (κ3) is 4.14. The summed E-state index contributed by atoms with van der Waals surface area (Å²) in [5.74, 6) is 0.934. The molecule has 0 aromatic heterocycles. The van der Waals surface area contributed by atoms with Crippen molar-refractivity contribution in [1.29, 1.82) is 0 Å². The molecule has 0 spiro atoms. The quantitative estimate of drug-likeness (QED) is 0.618. The molecule has 0 radical (unpaired) electrons. The standard InChI is InChI=1S/C22H34N4O/c1-4-23-21(25-19-13-18-9-10-20(19)27-18)24-15-22(2,3)26-12-11-16-7-5-6-8-17(16)14-26/h5-8,18-20H,4,9-15H2,1-3H3,(H2,23,24,25). The zero-order chi connectivity index (χ0) is 18.9. The van der Waals surface area contributed by atoms with Crippen LogP contribution in [0, 0.1) is 0 Å². The Morgan fingerprint density at radius 3 is 2.78 bits per heavy atom. The molecule has 1 aromatic rings. The second-order valence-corrected chi connectivity index (χ2v) is 8.81. The molecule has 3 unspecified atom stereocenters. The molecular formula is C22H34N4O. The van der Waals surface area contributed by atoms with E-state index in [1.807, 2.05) is 0 Å². The smallest absolute Gasteiger partial charge is 0.191 e. The van der Waals surface area contributed by atoms with Gasteiger partial charge in [-0.3, -0.25) is 9.89 Å². The molecule has 2 bridgehead atoms. The second kappa shape index (κ2) is 7.80. The summed E-state index contributed by atoms with van der Waals surface area (Å²) in [4.78, 5) is 7.53. The molecule has 148 valence electrons. The van der Waals surface area contributed by atoms with Crippen molar-refractivity contribution in [2.45, 2.75) is 76.8 Å². The van der Waals surface area contributed by atoms with Crippen molar-refractivity contribution in [3.8, 4) is 0 Å². The molecule has 3 heterocycles. The van der Waals surface area contributed by atoms with Crippen LogP contribution in [0.25, 0.3) is 0 Å². The van der Waals surface area contributed by atoms with Crippen molar-refractivity contribution < 1.29 is 4.74 Å². The lowest BCUT2D eigenvalue weighted by molar-refractivity contribution is 0.0991. The minimum atomic E-state index is 0.0288. The number of aliphatic imine (C=N–C) groups is 1. The van der Waals surface area contributed by atoms with Crippen LogP contribution in [-0.4, -0.2) is 54.3 Å². The van der Waals surface area contributed by atoms with Gasteiger partial charge in [0.25, 0.3) is 0 Å². The molecule has 3 aliphatic rings. The van der Waals surface area contributed by atoms with Crippen LogP contribution in [0.4, 0.5) is 0 Å². The number of guanidine groups is 1. The van der Waals surface area contributed by atoms with Gasteiger partial charge in [0.15, 0.2) is 5.96 Å². The van der Waals surface area contributed by atoms with Gasteiger partial charge in [-0.1, -0.05) is 24.3 Å². The van der Waals surface area contributed by atoms with Gasteiger partial charge in [-0.05, 0) is 57.6 Å². The van der Waals surface area contributed by atoms with E-state index in [-0.39, 0.29) is 5.54 Å². The summed E-state index contributed by atoms with van der Waals surface area (Å²) < 4.78 is 5.98. The minimum absolute atomic E-state index is 0.0288. The lowest BCUT2D eigenvalue weighted by Crippen LogP contribution is -2.51. The van der Waals surface area contributed by atoms with E-state index in [1.54, 1.807) is 0 Å². The monoisotopic (exact) mass is 370 g/mol. The summed E-state index contributed by atoms with van der Waals surface area (Å²) in [7, 11) is 0. The van der Waals surface area contributed by atoms with E-state index in [0.29, 0.717) is 18.2 Å². The van der Waals surface area contributed by atoms with Crippen molar-refractivity contribution in [2.75, 3.05) is 19.6 Å². The Kier molecular flexibility index (Phi) is 5.42. The Labute approximate surface area is 163 Å². The first kappa shape index (κ1) is 18.8. The molecule has 3 aliphatic heterocycles. The molecule has 5 heteroatoms. The number of hydrogen-bond acceptors (Lipinski definition) is 3. The van der Waals surface area contributed by atoms with Gasteiger partial charge in [0.2, 0.25) is 0 Å². The highest BCUT2D eigenvalue weighted by molar-refractivity contribution is 5.80. The van der Waals surface area contributed by atoms with Crippen molar-refractivity contribution in [3.63, 3.8) is 0 Å². The van der Waals surface area contributed by atoms with Crippen molar-refractivity contribution in [1.82, 2.24) is 15.5 Å². The van der Waals surface area contributed by atoms with E-state index < -0.39 is 0 Å². The molecule has 2 saturated heterocycles. The lowest BCUT2D eigenvalue weighted by atomic mass is 9.94. The van der Waals surface area contributed by atoms with Crippen LogP contribution < -0.4 is 10.6 Å². The van der Waals surface area contributed by atoms with Crippen molar-refractivity contribution in [2.24, 2.45) is 4.99 Å². The predicted molar refractivity (Wildman–Crippen MR) is 110 cm³/mol. The SMILES string of the molecule is CCNC(=NCC(C)(C)N1CCc2ccccc2C1)NC1CC2CCC1O2. The number of fused-ring (bicyclic) bond motifs is 3. The van der Waals surface area contributed by atoms with Gasteiger partial charge in [-0.2, -0.15) is 0 Å². The Hall–Kier alpha value is -1.59. The normalized spacial score (nSPS) is 28.3. The molecule has 5 nitrogen and oxygen atoms in total. The van der Waals surface area contributed by atoms with E-state index >= 15 is 0 Å². The first-order chi connectivity index (χ1) is 13.0. The Bertz CT molecular complexity index is 687. The largest absolute Gasteiger partial charge is 0.373 e. The average molecular weight is 371 g/mol. The summed E-state index contributed by atoms with van der Waals surface area (Å²) in [6, 6.07) is 9.24. The maximum Gasteiger partial charge on any atom is 0.191 e. The molecule has 2 N–H and O–H groups in total. The molecule has 0 saturated carbocycles. The van der Waals surface area contributed by atoms with Crippen molar-refractivity contribution >= 4 is 5.96 Å². The van der Waals surface area contributed by atoms with Crippen molar-refractivity contribution in [3.05, 3.63) is 35.4 Å². The van der Waals surface area contributed by atoms with E-state index in [4.69, 9.17) is 9.73 Å². The minimum Gasteiger partial charge on any atom is -0.373 e. The zero-order valence-electron chi connectivity index (χ0n) is 17.0. The molecule has 27 heavy (non-hydrogen) atoms. The lowest BCUT2D eigenvalue weighted by Gasteiger charge is -2.41. The third-order valence-electron chi connectivity index (χ3n) is 6.38. The number of nitrogens with one attached hydrogen (secondary N) is 2. The van der Waals surface area contributed by atoms with Crippen LogP contribution in [0.1, 0.15) is 51.2 Å². The van der Waals surface area contributed by atoms with Crippen LogP contribution in [0.3, 0.4) is 0 Å². The number of ether oxygens (including phenoxy) is 1. The summed E-state index contributed by atoms with van der Waals surface area (Å²) in [5, 5.41) is 7.06. The third-order valence-corrected chi connectivity index (χ3v) is 6.38. The van der Waals surface area contributed by atoms with Crippen LogP contribution in [-0.2, 0) is 17.7 Å². The number of hydrogen-bond donors (Lipinski definition) is 2. The Balaban J connectivity index is 1.39. The highest BCUT2D eigenvalue weighted by Crippen LogP contribution is 2.34. The van der Waals surface area contributed by atoms with E-state index in [0.717, 1.165) is 45.0 Å². The summed E-state index contributed by atoms with van der Waals surface area (Å²) in [6.07, 6.45) is 5.47. The fraction of sp³-hybridized carbons (Fsp3) is 0.682. The van der Waals surface area contributed by atoms with E-state index in [2.05, 4.69) is 60.6 Å².